The van der Waals surface area contributed by atoms with E-state index in [1.54, 1.807) is 22.7 Å². The minimum atomic E-state index is 0.545. The number of nitrogens with zero attached hydrogens (tertiary/aromatic N) is 2. The minimum absolute atomic E-state index is 0.545. The summed E-state index contributed by atoms with van der Waals surface area (Å²) in [6, 6.07) is 2.78. The van der Waals surface area contributed by atoms with Crippen LogP contribution >= 0.6 is 22.7 Å². The van der Waals surface area contributed by atoms with Gasteiger partial charge in [-0.1, -0.05) is 6.42 Å². The van der Waals surface area contributed by atoms with Crippen molar-refractivity contribution in [3.8, 4) is 0 Å². The molecule has 0 saturated carbocycles. The van der Waals surface area contributed by atoms with Crippen LogP contribution in [0.5, 0.6) is 0 Å². The molecule has 3 rings (SSSR count). The fourth-order valence-corrected chi connectivity index (χ4v) is 3.94. The predicted molar refractivity (Wildman–Crippen MR) is 73.4 cm³/mol. The molecule has 2 nitrogen and oxygen atoms in total. The maximum atomic E-state index is 4.50. The molecule has 3 heterocycles. The highest BCUT2D eigenvalue weighted by molar-refractivity contribution is 7.09. The summed E-state index contributed by atoms with van der Waals surface area (Å²) in [6.07, 6.45) is 5.85. The van der Waals surface area contributed by atoms with Gasteiger partial charge in [-0.25, -0.2) is 4.98 Å². The minimum Gasteiger partial charge on any atom is -0.290 e. The maximum Gasteiger partial charge on any atom is 0.110 e. The van der Waals surface area contributed by atoms with Crippen LogP contribution in [0, 0.1) is 0 Å². The zero-order valence-electron chi connectivity index (χ0n) is 9.71. The summed E-state index contributed by atoms with van der Waals surface area (Å²) in [5.74, 6) is 0. The van der Waals surface area contributed by atoms with Crippen molar-refractivity contribution in [2.24, 2.45) is 0 Å². The smallest absolute Gasteiger partial charge is 0.110 e. The summed E-state index contributed by atoms with van der Waals surface area (Å²) in [5, 5.41) is 7.80. The monoisotopic (exact) mass is 264 g/mol. The van der Waals surface area contributed by atoms with E-state index in [2.05, 4.69) is 32.1 Å². The Balaban J connectivity index is 1.76. The second-order valence-corrected chi connectivity index (χ2v) is 6.19. The van der Waals surface area contributed by atoms with E-state index in [9.17, 15) is 0 Å². The quantitative estimate of drug-likeness (QED) is 0.835. The van der Waals surface area contributed by atoms with E-state index in [1.807, 2.05) is 6.20 Å². The van der Waals surface area contributed by atoms with Gasteiger partial charge < -0.3 is 0 Å². The van der Waals surface area contributed by atoms with E-state index < -0.39 is 0 Å². The highest BCUT2D eigenvalue weighted by Gasteiger charge is 2.25. The van der Waals surface area contributed by atoms with Crippen molar-refractivity contribution >= 4 is 22.7 Å². The van der Waals surface area contributed by atoms with Crippen molar-refractivity contribution in [1.29, 1.82) is 0 Å². The predicted octanol–water partition coefficient (Wildman–Crippen LogP) is 3.93. The zero-order chi connectivity index (χ0) is 11.5. The second-order valence-electron chi connectivity index (χ2n) is 4.48. The Morgan fingerprint density at radius 2 is 2.35 bits per heavy atom. The molecule has 0 unspecified atom stereocenters. The summed E-state index contributed by atoms with van der Waals surface area (Å²) in [4.78, 5) is 7.09. The summed E-state index contributed by atoms with van der Waals surface area (Å²) < 4.78 is 0. The molecular formula is C13H16N2S2. The van der Waals surface area contributed by atoms with Crippen LogP contribution in [0.25, 0.3) is 0 Å². The lowest BCUT2D eigenvalue weighted by Gasteiger charge is -2.34. The third-order valence-electron chi connectivity index (χ3n) is 3.32. The van der Waals surface area contributed by atoms with Crippen molar-refractivity contribution in [3.05, 3.63) is 39.0 Å². The number of piperidine rings is 1. The lowest BCUT2D eigenvalue weighted by atomic mass is 10.0. The molecule has 2 aromatic rings. The van der Waals surface area contributed by atoms with E-state index in [0.29, 0.717) is 6.04 Å². The Hall–Kier alpha value is -0.710. The van der Waals surface area contributed by atoms with Crippen LogP contribution in [0.4, 0.5) is 0 Å². The highest BCUT2D eigenvalue weighted by atomic mass is 32.1. The van der Waals surface area contributed by atoms with Gasteiger partial charge >= 0.3 is 0 Å². The number of rotatable bonds is 3. The summed E-state index contributed by atoms with van der Waals surface area (Å²) >= 11 is 3.58. The van der Waals surface area contributed by atoms with Crippen LogP contribution < -0.4 is 0 Å². The molecule has 0 aliphatic carbocycles. The van der Waals surface area contributed by atoms with Crippen LogP contribution in [-0.4, -0.2) is 16.4 Å². The van der Waals surface area contributed by atoms with Crippen molar-refractivity contribution in [2.45, 2.75) is 31.8 Å². The molecular weight excluding hydrogens is 248 g/mol. The van der Waals surface area contributed by atoms with Crippen molar-refractivity contribution in [1.82, 2.24) is 9.88 Å². The Labute approximate surface area is 110 Å². The Kier molecular flexibility index (Phi) is 3.54. The van der Waals surface area contributed by atoms with Gasteiger partial charge in [-0.2, -0.15) is 11.3 Å². The molecule has 0 N–H and O–H groups in total. The van der Waals surface area contributed by atoms with E-state index >= 15 is 0 Å². The molecule has 0 spiro atoms. The van der Waals surface area contributed by atoms with Gasteiger partial charge in [0.2, 0.25) is 0 Å². The molecule has 0 radical (unpaired) electrons. The van der Waals surface area contributed by atoms with Crippen LogP contribution in [0.3, 0.4) is 0 Å². The van der Waals surface area contributed by atoms with E-state index in [4.69, 9.17) is 0 Å². The van der Waals surface area contributed by atoms with Gasteiger partial charge in [0.15, 0.2) is 0 Å². The summed E-state index contributed by atoms with van der Waals surface area (Å²) in [6.45, 7) is 2.29. The molecule has 90 valence electrons. The first-order valence-electron chi connectivity index (χ1n) is 6.08. The average Bonchev–Trinajstić information content (AvgIpc) is 3.01. The summed E-state index contributed by atoms with van der Waals surface area (Å²) in [5.41, 5.74) is 1.44. The first-order valence-corrected chi connectivity index (χ1v) is 7.90. The second kappa shape index (κ2) is 5.29. The van der Waals surface area contributed by atoms with Gasteiger partial charge in [0, 0.05) is 18.1 Å². The van der Waals surface area contributed by atoms with Crippen molar-refractivity contribution in [2.75, 3.05) is 6.54 Å². The molecule has 1 aliphatic heterocycles. The number of thiophene rings is 1. The van der Waals surface area contributed by atoms with Crippen LogP contribution in [-0.2, 0) is 6.54 Å². The van der Waals surface area contributed by atoms with E-state index in [1.165, 1.54) is 36.4 Å². The van der Waals surface area contributed by atoms with Gasteiger partial charge in [0.05, 0.1) is 6.04 Å². The normalized spacial score (nSPS) is 21.8. The van der Waals surface area contributed by atoms with Crippen LogP contribution in [0.2, 0.25) is 0 Å². The lowest BCUT2D eigenvalue weighted by Crippen LogP contribution is -2.32. The average molecular weight is 264 g/mol. The number of thiazole rings is 1. The third-order valence-corrected chi connectivity index (χ3v) is 4.92. The summed E-state index contributed by atoms with van der Waals surface area (Å²) in [7, 11) is 0. The number of likely N-dealkylation sites (tertiary alicyclic amines) is 1. The SMILES string of the molecule is c1csc([C@@H]2CCCCN2Cc2ccsc2)n1. The molecule has 1 aliphatic rings. The van der Waals surface area contributed by atoms with Crippen LogP contribution in [0.1, 0.15) is 35.9 Å². The largest absolute Gasteiger partial charge is 0.290 e. The third kappa shape index (κ3) is 2.59. The van der Waals surface area contributed by atoms with E-state index in [0.717, 1.165) is 6.54 Å². The topological polar surface area (TPSA) is 16.1 Å². The fourth-order valence-electron chi connectivity index (χ4n) is 2.48. The van der Waals surface area contributed by atoms with Crippen molar-refractivity contribution < 1.29 is 0 Å². The molecule has 2 aromatic heterocycles. The molecule has 4 heteroatoms. The van der Waals surface area contributed by atoms with Gasteiger partial charge in [-0.15, -0.1) is 11.3 Å². The number of hydrogen-bond acceptors (Lipinski definition) is 4. The number of aromatic nitrogens is 1. The van der Waals surface area contributed by atoms with Gasteiger partial charge in [-0.05, 0) is 41.8 Å². The van der Waals surface area contributed by atoms with Crippen LogP contribution in [0.15, 0.2) is 28.4 Å². The molecule has 1 atom stereocenters. The lowest BCUT2D eigenvalue weighted by molar-refractivity contribution is 0.140. The fraction of sp³-hybridized carbons (Fsp3) is 0.462. The molecule has 17 heavy (non-hydrogen) atoms. The molecule has 1 saturated heterocycles. The molecule has 0 aromatic carbocycles. The number of hydrogen-bond donors (Lipinski definition) is 0. The van der Waals surface area contributed by atoms with Crippen molar-refractivity contribution in [3.63, 3.8) is 0 Å². The molecule has 0 bridgehead atoms. The van der Waals surface area contributed by atoms with Gasteiger partial charge in [0.1, 0.15) is 5.01 Å². The molecule has 0 amide bonds. The first-order chi connectivity index (χ1) is 8.43. The highest BCUT2D eigenvalue weighted by Crippen LogP contribution is 2.33. The Bertz CT molecular complexity index is 436. The Morgan fingerprint density at radius 3 is 3.12 bits per heavy atom. The zero-order valence-corrected chi connectivity index (χ0v) is 11.3. The Morgan fingerprint density at radius 1 is 1.35 bits per heavy atom. The van der Waals surface area contributed by atoms with Gasteiger partial charge in [-0.3, -0.25) is 4.90 Å². The van der Waals surface area contributed by atoms with E-state index in [-0.39, 0.29) is 0 Å². The molecule has 1 fully saturated rings. The maximum absolute atomic E-state index is 4.50. The standard InChI is InChI=1S/C13H16N2S2/c1-2-6-15(9-11-4-7-16-10-11)12(3-1)13-14-5-8-17-13/h4-5,7-8,10,12H,1-3,6,9H2/t12-/m0/s1. The first kappa shape index (κ1) is 11.4. The van der Waals surface area contributed by atoms with Gasteiger partial charge in [0.25, 0.3) is 0 Å².